The number of hydrogen-bond acceptors (Lipinski definition) is 4. The van der Waals surface area contributed by atoms with Crippen LogP contribution in [-0.4, -0.2) is 14.5 Å². The molecule has 0 N–H and O–H groups in total. The lowest BCUT2D eigenvalue weighted by molar-refractivity contribution is -0.385. The van der Waals surface area contributed by atoms with Crippen molar-refractivity contribution >= 4 is 28.3 Å². The molecule has 0 atom stereocenters. The molecule has 104 valence electrons. The lowest BCUT2D eigenvalue weighted by Crippen LogP contribution is -2.24. The van der Waals surface area contributed by atoms with E-state index >= 15 is 0 Å². The number of hydrogen-bond donors (Lipinski definition) is 0. The van der Waals surface area contributed by atoms with Crippen molar-refractivity contribution in [3.63, 3.8) is 0 Å². The second-order valence-corrected chi connectivity index (χ2v) is 5.23. The number of benzene rings is 1. The van der Waals surface area contributed by atoms with Crippen LogP contribution in [0, 0.1) is 26.4 Å². The molecule has 0 radical (unpaired) electrons. The van der Waals surface area contributed by atoms with Gasteiger partial charge in [0.25, 0.3) is 11.2 Å². The van der Waals surface area contributed by atoms with Crippen molar-refractivity contribution in [2.24, 2.45) is 0 Å². The third-order valence-electron chi connectivity index (χ3n) is 2.66. The normalized spacial score (nSPS) is 10.6. The summed E-state index contributed by atoms with van der Waals surface area (Å²) < 4.78 is 15.1. The first-order valence-electron chi connectivity index (χ1n) is 5.54. The molecule has 0 aliphatic carbocycles. The summed E-state index contributed by atoms with van der Waals surface area (Å²) in [4.78, 5) is 26.0. The van der Waals surface area contributed by atoms with Crippen molar-refractivity contribution in [3.05, 3.63) is 65.6 Å². The third kappa shape index (κ3) is 3.00. The van der Waals surface area contributed by atoms with Crippen LogP contribution >= 0.6 is 22.6 Å². The number of non-ortho nitro benzene ring substituents is 1. The SMILES string of the molecule is Cc1ncn(Cc2cc(F)cc([N+](=O)[O-])c2)c(=O)c1I. The van der Waals surface area contributed by atoms with E-state index in [1.807, 2.05) is 22.6 Å². The fraction of sp³-hybridized carbons (Fsp3) is 0.167. The second-order valence-electron chi connectivity index (χ2n) is 4.15. The molecule has 0 saturated heterocycles. The largest absolute Gasteiger partial charge is 0.294 e. The summed E-state index contributed by atoms with van der Waals surface area (Å²) in [5.74, 6) is -0.711. The van der Waals surface area contributed by atoms with E-state index in [1.165, 1.54) is 17.0 Å². The topological polar surface area (TPSA) is 78.0 Å². The lowest BCUT2D eigenvalue weighted by Gasteiger charge is -2.07. The van der Waals surface area contributed by atoms with E-state index in [0.717, 1.165) is 12.1 Å². The molecule has 0 spiro atoms. The summed E-state index contributed by atoms with van der Waals surface area (Å²) in [5, 5.41) is 10.7. The highest BCUT2D eigenvalue weighted by molar-refractivity contribution is 14.1. The molecule has 0 unspecified atom stereocenters. The van der Waals surface area contributed by atoms with Gasteiger partial charge in [0.05, 0.1) is 33.1 Å². The summed E-state index contributed by atoms with van der Waals surface area (Å²) in [6.07, 6.45) is 1.34. The molecule has 1 heterocycles. The Kier molecular flexibility index (Phi) is 4.12. The van der Waals surface area contributed by atoms with Gasteiger partial charge in [-0.25, -0.2) is 9.37 Å². The first-order chi connectivity index (χ1) is 9.38. The zero-order valence-electron chi connectivity index (χ0n) is 10.3. The molecule has 2 aromatic rings. The fourth-order valence-corrected chi connectivity index (χ4v) is 2.13. The maximum atomic E-state index is 13.3. The summed E-state index contributed by atoms with van der Waals surface area (Å²) in [6.45, 7) is 1.74. The van der Waals surface area contributed by atoms with Crippen LogP contribution in [0.25, 0.3) is 0 Å². The molecule has 0 aliphatic heterocycles. The molecule has 0 fully saturated rings. The molecule has 0 amide bonds. The van der Waals surface area contributed by atoms with Gasteiger partial charge in [0.1, 0.15) is 5.82 Å². The second kappa shape index (κ2) is 5.65. The van der Waals surface area contributed by atoms with Crippen LogP contribution in [0.1, 0.15) is 11.3 Å². The van der Waals surface area contributed by atoms with Gasteiger partial charge in [-0.2, -0.15) is 0 Å². The van der Waals surface area contributed by atoms with E-state index in [2.05, 4.69) is 4.98 Å². The fourth-order valence-electron chi connectivity index (χ4n) is 1.69. The van der Waals surface area contributed by atoms with Gasteiger partial charge in [-0.3, -0.25) is 19.5 Å². The van der Waals surface area contributed by atoms with E-state index in [0.29, 0.717) is 14.8 Å². The molecule has 0 bridgehead atoms. The molecule has 6 nitrogen and oxygen atoms in total. The Morgan fingerprint density at radius 2 is 2.15 bits per heavy atom. The maximum absolute atomic E-state index is 13.3. The van der Waals surface area contributed by atoms with Crippen LogP contribution < -0.4 is 5.56 Å². The molecule has 0 aliphatic rings. The smallest absolute Gasteiger partial charge is 0.272 e. The van der Waals surface area contributed by atoms with Crippen LogP contribution in [0.2, 0.25) is 0 Å². The van der Waals surface area contributed by atoms with Gasteiger partial charge in [-0.15, -0.1) is 0 Å². The lowest BCUT2D eigenvalue weighted by atomic mass is 10.2. The molecule has 1 aromatic heterocycles. The van der Waals surface area contributed by atoms with Crippen LogP contribution in [0.15, 0.2) is 29.3 Å². The molecule has 2 rings (SSSR count). The number of halogens is 2. The third-order valence-corrected chi connectivity index (χ3v) is 3.91. The molecule has 8 heteroatoms. The molecule has 1 aromatic carbocycles. The summed E-state index contributed by atoms with van der Waals surface area (Å²) >= 11 is 1.88. The molecule has 20 heavy (non-hydrogen) atoms. The van der Waals surface area contributed by atoms with Crippen molar-refractivity contribution in [1.29, 1.82) is 0 Å². The average molecular weight is 389 g/mol. The minimum atomic E-state index is -0.711. The van der Waals surface area contributed by atoms with E-state index in [1.54, 1.807) is 6.92 Å². The van der Waals surface area contributed by atoms with E-state index in [9.17, 15) is 19.3 Å². The van der Waals surface area contributed by atoms with Crippen molar-refractivity contribution in [2.45, 2.75) is 13.5 Å². The Morgan fingerprint density at radius 1 is 1.45 bits per heavy atom. The summed E-state index contributed by atoms with van der Waals surface area (Å²) in [5.41, 5.74) is 0.338. The number of rotatable bonds is 3. The predicted molar refractivity (Wildman–Crippen MR) is 78.1 cm³/mol. The van der Waals surface area contributed by atoms with Gasteiger partial charge in [-0.1, -0.05) is 0 Å². The van der Waals surface area contributed by atoms with Crippen molar-refractivity contribution in [3.8, 4) is 0 Å². The number of nitro benzene ring substituents is 1. The summed E-state index contributed by atoms with van der Waals surface area (Å²) in [6, 6.07) is 3.23. The quantitative estimate of drug-likeness (QED) is 0.459. The van der Waals surface area contributed by atoms with Crippen LogP contribution in [0.3, 0.4) is 0 Å². The Bertz CT molecular complexity index is 745. The highest BCUT2D eigenvalue weighted by atomic mass is 127. The first-order valence-corrected chi connectivity index (χ1v) is 6.62. The monoisotopic (exact) mass is 389 g/mol. The van der Waals surface area contributed by atoms with E-state index in [4.69, 9.17) is 0 Å². The van der Waals surface area contributed by atoms with Gasteiger partial charge < -0.3 is 0 Å². The van der Waals surface area contributed by atoms with Crippen LogP contribution in [0.4, 0.5) is 10.1 Å². The zero-order chi connectivity index (χ0) is 14.9. The number of aryl methyl sites for hydroxylation is 1. The van der Waals surface area contributed by atoms with Crippen molar-refractivity contribution in [1.82, 2.24) is 9.55 Å². The Balaban J connectivity index is 2.43. The predicted octanol–water partition coefficient (Wildman–Crippen LogP) is 2.25. The van der Waals surface area contributed by atoms with Crippen LogP contribution in [0.5, 0.6) is 0 Å². The Morgan fingerprint density at radius 3 is 2.80 bits per heavy atom. The number of nitro groups is 1. The molecular formula is C12H9FIN3O3. The number of nitrogens with zero attached hydrogens (tertiary/aromatic N) is 3. The Labute approximate surface area is 126 Å². The van der Waals surface area contributed by atoms with Gasteiger partial charge >= 0.3 is 0 Å². The van der Waals surface area contributed by atoms with E-state index < -0.39 is 10.7 Å². The van der Waals surface area contributed by atoms with Gasteiger partial charge in [0.15, 0.2) is 0 Å². The summed E-state index contributed by atoms with van der Waals surface area (Å²) in [7, 11) is 0. The molecule has 0 saturated carbocycles. The average Bonchev–Trinajstić information content (AvgIpc) is 2.39. The maximum Gasteiger partial charge on any atom is 0.272 e. The first kappa shape index (κ1) is 14.6. The minimum Gasteiger partial charge on any atom is -0.294 e. The van der Waals surface area contributed by atoms with Gasteiger partial charge in [0.2, 0.25) is 0 Å². The Hall–Kier alpha value is -1.84. The van der Waals surface area contributed by atoms with Gasteiger partial charge in [0, 0.05) is 6.07 Å². The van der Waals surface area contributed by atoms with Gasteiger partial charge in [-0.05, 0) is 41.1 Å². The highest BCUT2D eigenvalue weighted by Gasteiger charge is 2.11. The highest BCUT2D eigenvalue weighted by Crippen LogP contribution is 2.17. The van der Waals surface area contributed by atoms with Crippen molar-refractivity contribution < 1.29 is 9.31 Å². The zero-order valence-corrected chi connectivity index (χ0v) is 12.5. The molecular weight excluding hydrogens is 380 g/mol. The number of aromatic nitrogens is 2. The van der Waals surface area contributed by atoms with Crippen molar-refractivity contribution in [2.75, 3.05) is 0 Å². The standard InChI is InChI=1S/C12H9FIN3O3/c1-7-11(14)12(18)16(6-15-7)5-8-2-9(13)4-10(3-8)17(19)20/h2-4,6H,5H2,1H3. The minimum absolute atomic E-state index is 0.0285. The van der Waals surface area contributed by atoms with E-state index in [-0.39, 0.29) is 17.8 Å². The van der Waals surface area contributed by atoms with Crippen LogP contribution in [-0.2, 0) is 6.54 Å².